The Morgan fingerprint density at radius 3 is 2.60 bits per heavy atom. The number of halogens is 1. The van der Waals surface area contributed by atoms with Crippen molar-refractivity contribution < 1.29 is 14.3 Å². The number of nitrogens with zero attached hydrogens (tertiary/aromatic N) is 1. The molecule has 0 saturated heterocycles. The van der Waals surface area contributed by atoms with Gasteiger partial charge in [0.2, 0.25) is 0 Å². The molecule has 1 amide bonds. The fourth-order valence-electron chi connectivity index (χ4n) is 1.96. The van der Waals surface area contributed by atoms with Gasteiger partial charge >= 0.3 is 5.97 Å². The molecule has 0 aromatic heterocycles. The molecule has 2 aromatic rings. The standard InChI is InChI=1S/C19H15BrN2O3/c1-13(19(24)22-17-9-5-3-7-15(17)12-21)25-18(23)11-10-14-6-2-4-8-16(14)20/h2-11,13H,1H3,(H,22,24)/b11-10+/t13-/m1/s1. The van der Waals surface area contributed by atoms with Crippen molar-refractivity contribution in [2.75, 3.05) is 5.32 Å². The highest BCUT2D eigenvalue weighted by Gasteiger charge is 2.17. The zero-order valence-corrected chi connectivity index (χ0v) is 15.0. The van der Waals surface area contributed by atoms with Crippen molar-refractivity contribution in [2.45, 2.75) is 13.0 Å². The van der Waals surface area contributed by atoms with Gasteiger partial charge in [-0.2, -0.15) is 5.26 Å². The van der Waals surface area contributed by atoms with Crippen molar-refractivity contribution in [3.63, 3.8) is 0 Å². The van der Waals surface area contributed by atoms with Gasteiger partial charge in [-0.25, -0.2) is 4.79 Å². The summed E-state index contributed by atoms with van der Waals surface area (Å²) in [5, 5.41) is 11.6. The Morgan fingerprint density at radius 2 is 1.88 bits per heavy atom. The van der Waals surface area contributed by atoms with Crippen LogP contribution in [0.1, 0.15) is 18.1 Å². The van der Waals surface area contributed by atoms with Gasteiger partial charge in [0.1, 0.15) is 6.07 Å². The maximum absolute atomic E-state index is 12.1. The van der Waals surface area contributed by atoms with Crippen LogP contribution in [0.15, 0.2) is 59.1 Å². The lowest BCUT2D eigenvalue weighted by Crippen LogP contribution is -2.29. The van der Waals surface area contributed by atoms with Gasteiger partial charge in [0, 0.05) is 10.5 Å². The van der Waals surface area contributed by atoms with E-state index in [1.165, 1.54) is 13.0 Å². The SMILES string of the molecule is C[C@@H](OC(=O)/C=C/c1ccccc1Br)C(=O)Nc1ccccc1C#N. The molecule has 0 aliphatic heterocycles. The van der Waals surface area contributed by atoms with Gasteiger partial charge in [-0.05, 0) is 36.8 Å². The van der Waals surface area contributed by atoms with E-state index in [1.54, 1.807) is 30.3 Å². The molecular formula is C19H15BrN2O3. The summed E-state index contributed by atoms with van der Waals surface area (Å²) < 4.78 is 5.93. The van der Waals surface area contributed by atoms with Crippen molar-refractivity contribution >= 4 is 39.6 Å². The normalized spacial score (nSPS) is 11.6. The Balaban J connectivity index is 1.95. The number of nitriles is 1. The van der Waals surface area contributed by atoms with E-state index in [0.29, 0.717) is 11.3 Å². The third kappa shape index (κ3) is 5.30. The third-order valence-corrected chi connectivity index (χ3v) is 3.99. The molecule has 0 saturated carbocycles. The number of nitrogens with one attached hydrogen (secondary N) is 1. The van der Waals surface area contributed by atoms with Gasteiger partial charge in [0.25, 0.3) is 5.91 Å². The van der Waals surface area contributed by atoms with Gasteiger partial charge in [0.05, 0.1) is 11.3 Å². The number of ether oxygens (including phenoxy) is 1. The summed E-state index contributed by atoms with van der Waals surface area (Å²) in [7, 11) is 0. The van der Waals surface area contributed by atoms with Crippen molar-refractivity contribution in [3.05, 3.63) is 70.2 Å². The van der Waals surface area contributed by atoms with E-state index in [1.807, 2.05) is 30.3 Å². The van der Waals surface area contributed by atoms with E-state index in [2.05, 4.69) is 21.2 Å². The van der Waals surface area contributed by atoms with Crippen LogP contribution >= 0.6 is 15.9 Å². The largest absolute Gasteiger partial charge is 0.449 e. The van der Waals surface area contributed by atoms with Crippen LogP contribution in [0.25, 0.3) is 6.08 Å². The van der Waals surface area contributed by atoms with Crippen LogP contribution in [0.3, 0.4) is 0 Å². The topological polar surface area (TPSA) is 79.2 Å². The monoisotopic (exact) mass is 398 g/mol. The molecule has 25 heavy (non-hydrogen) atoms. The van der Waals surface area contributed by atoms with Gasteiger partial charge in [-0.15, -0.1) is 0 Å². The van der Waals surface area contributed by atoms with E-state index >= 15 is 0 Å². The first kappa shape index (κ1) is 18.4. The number of carbonyl (C=O) groups is 2. The van der Waals surface area contributed by atoms with Crippen LogP contribution in [0.5, 0.6) is 0 Å². The fourth-order valence-corrected chi connectivity index (χ4v) is 2.38. The lowest BCUT2D eigenvalue weighted by Gasteiger charge is -2.13. The van der Waals surface area contributed by atoms with Crippen LogP contribution in [0, 0.1) is 11.3 Å². The molecule has 126 valence electrons. The number of esters is 1. The summed E-state index contributed by atoms with van der Waals surface area (Å²) >= 11 is 3.38. The van der Waals surface area contributed by atoms with Gasteiger partial charge < -0.3 is 10.1 Å². The zero-order chi connectivity index (χ0) is 18.2. The van der Waals surface area contributed by atoms with Crippen molar-refractivity contribution in [2.24, 2.45) is 0 Å². The Bertz CT molecular complexity index is 856. The summed E-state index contributed by atoms with van der Waals surface area (Å²) in [6.07, 6.45) is 1.86. The first-order chi connectivity index (χ1) is 12.0. The highest BCUT2D eigenvalue weighted by atomic mass is 79.9. The summed E-state index contributed by atoms with van der Waals surface area (Å²) in [5.41, 5.74) is 1.53. The molecule has 0 aliphatic carbocycles. The Morgan fingerprint density at radius 1 is 1.20 bits per heavy atom. The minimum absolute atomic E-state index is 0.336. The van der Waals surface area contributed by atoms with E-state index in [4.69, 9.17) is 10.00 Å². The summed E-state index contributed by atoms with van der Waals surface area (Å²) in [4.78, 5) is 24.0. The maximum Gasteiger partial charge on any atom is 0.331 e. The lowest BCUT2D eigenvalue weighted by molar-refractivity contribution is -0.148. The third-order valence-electron chi connectivity index (χ3n) is 3.27. The quantitative estimate of drug-likeness (QED) is 0.611. The first-order valence-corrected chi connectivity index (χ1v) is 8.24. The van der Waals surface area contributed by atoms with Crippen LogP contribution < -0.4 is 5.32 Å². The zero-order valence-electron chi connectivity index (χ0n) is 13.4. The molecule has 2 aromatic carbocycles. The molecule has 1 N–H and O–H groups in total. The van der Waals surface area contributed by atoms with Gasteiger partial charge in [-0.1, -0.05) is 46.3 Å². The number of rotatable bonds is 5. The van der Waals surface area contributed by atoms with Gasteiger partial charge in [0.15, 0.2) is 6.10 Å². The molecule has 5 nitrogen and oxygen atoms in total. The summed E-state index contributed by atoms with van der Waals surface area (Å²) in [6, 6.07) is 16.0. The second-order valence-electron chi connectivity index (χ2n) is 5.08. The molecule has 1 atom stereocenters. The summed E-state index contributed by atoms with van der Waals surface area (Å²) in [5.74, 6) is -1.14. The first-order valence-electron chi connectivity index (χ1n) is 7.44. The van der Waals surface area contributed by atoms with E-state index in [-0.39, 0.29) is 0 Å². The lowest BCUT2D eigenvalue weighted by atomic mass is 10.2. The van der Waals surface area contributed by atoms with Crippen molar-refractivity contribution in [3.8, 4) is 6.07 Å². The smallest absolute Gasteiger partial charge is 0.331 e. The van der Waals surface area contributed by atoms with Crippen LogP contribution in [-0.4, -0.2) is 18.0 Å². The minimum atomic E-state index is -0.997. The van der Waals surface area contributed by atoms with Gasteiger partial charge in [-0.3, -0.25) is 4.79 Å². The van der Waals surface area contributed by atoms with Crippen LogP contribution in [0.2, 0.25) is 0 Å². The number of para-hydroxylation sites is 1. The maximum atomic E-state index is 12.1. The molecule has 0 spiro atoms. The Kier molecular flexibility index (Phi) is 6.49. The predicted molar refractivity (Wildman–Crippen MR) is 98.5 cm³/mol. The van der Waals surface area contributed by atoms with E-state index < -0.39 is 18.0 Å². The Labute approximate surface area is 154 Å². The number of anilines is 1. The van der Waals surface area contributed by atoms with Crippen LogP contribution in [-0.2, 0) is 14.3 Å². The number of benzene rings is 2. The molecular weight excluding hydrogens is 384 g/mol. The van der Waals surface area contributed by atoms with Crippen molar-refractivity contribution in [1.82, 2.24) is 0 Å². The van der Waals surface area contributed by atoms with Crippen LogP contribution in [0.4, 0.5) is 5.69 Å². The molecule has 0 unspecified atom stereocenters. The molecule has 0 aliphatic rings. The fraction of sp³-hybridized carbons (Fsp3) is 0.105. The molecule has 0 bridgehead atoms. The second kappa shape index (κ2) is 8.81. The summed E-state index contributed by atoms with van der Waals surface area (Å²) in [6.45, 7) is 1.47. The number of hydrogen-bond acceptors (Lipinski definition) is 4. The molecule has 0 heterocycles. The van der Waals surface area contributed by atoms with E-state index in [0.717, 1.165) is 10.0 Å². The Hall–Kier alpha value is -2.91. The highest BCUT2D eigenvalue weighted by Crippen LogP contribution is 2.17. The predicted octanol–water partition coefficient (Wildman–Crippen LogP) is 3.90. The molecule has 2 rings (SSSR count). The number of carbonyl (C=O) groups excluding carboxylic acids is 2. The second-order valence-corrected chi connectivity index (χ2v) is 5.93. The average molecular weight is 399 g/mol. The highest BCUT2D eigenvalue weighted by molar-refractivity contribution is 9.10. The van der Waals surface area contributed by atoms with Crippen molar-refractivity contribution in [1.29, 1.82) is 5.26 Å². The average Bonchev–Trinajstić information content (AvgIpc) is 2.61. The number of hydrogen-bond donors (Lipinski definition) is 1. The molecule has 0 radical (unpaired) electrons. The molecule has 0 fully saturated rings. The number of amides is 1. The van der Waals surface area contributed by atoms with E-state index in [9.17, 15) is 9.59 Å². The molecule has 6 heteroatoms. The minimum Gasteiger partial charge on any atom is -0.449 e.